The Bertz CT molecular complexity index is 598. The van der Waals surface area contributed by atoms with Gasteiger partial charge in [-0.05, 0) is 24.0 Å². The van der Waals surface area contributed by atoms with Gasteiger partial charge in [0.25, 0.3) is 0 Å². The topological polar surface area (TPSA) is 74.1 Å². The van der Waals surface area contributed by atoms with Gasteiger partial charge in [0, 0.05) is 32.7 Å². The zero-order valence-corrected chi connectivity index (χ0v) is 13.8. The first-order valence-corrected chi connectivity index (χ1v) is 8.47. The van der Waals surface area contributed by atoms with Crippen molar-refractivity contribution in [3.05, 3.63) is 35.4 Å². The van der Waals surface area contributed by atoms with Crippen LogP contribution in [0.1, 0.15) is 30.9 Å². The van der Waals surface area contributed by atoms with E-state index < -0.39 is 0 Å². The third-order valence-electron chi connectivity index (χ3n) is 4.39. The Morgan fingerprint density at radius 1 is 1.09 bits per heavy atom. The smallest absolute Gasteiger partial charge is 0.246 e. The Hall–Kier alpha value is -2.08. The van der Waals surface area contributed by atoms with Crippen LogP contribution in [0.15, 0.2) is 24.3 Å². The van der Waals surface area contributed by atoms with Crippen LogP contribution in [0.25, 0.3) is 0 Å². The predicted octanol–water partition coefficient (Wildman–Crippen LogP) is 2.05. The molecule has 2 heterocycles. The van der Waals surface area contributed by atoms with Gasteiger partial charge in [0.05, 0.1) is 0 Å². The molecule has 2 aromatic rings. The van der Waals surface area contributed by atoms with E-state index in [9.17, 15) is 0 Å². The number of nitrogens with zero attached hydrogens (tertiary/aromatic N) is 4. The number of nitrogens with two attached hydrogens (primary N) is 1. The molecule has 0 saturated carbocycles. The molecule has 0 unspecified atom stereocenters. The summed E-state index contributed by atoms with van der Waals surface area (Å²) in [5, 5.41) is 6.83. The molecule has 1 aliphatic heterocycles. The van der Waals surface area contributed by atoms with Gasteiger partial charge in [0.2, 0.25) is 11.9 Å². The summed E-state index contributed by atoms with van der Waals surface area (Å²) < 4.78 is 0. The van der Waals surface area contributed by atoms with Crippen molar-refractivity contribution in [2.45, 2.75) is 32.7 Å². The van der Waals surface area contributed by atoms with Gasteiger partial charge >= 0.3 is 0 Å². The van der Waals surface area contributed by atoms with Crippen LogP contribution in [-0.4, -0.2) is 46.3 Å². The number of hydrogen-bond donors (Lipinski definition) is 2. The van der Waals surface area contributed by atoms with E-state index >= 15 is 0 Å². The number of aromatic amines is 1. The summed E-state index contributed by atoms with van der Waals surface area (Å²) in [6.45, 7) is 7.16. The highest BCUT2D eigenvalue weighted by Gasteiger charge is 2.19. The molecule has 0 spiro atoms. The minimum atomic E-state index is 0.380. The maximum Gasteiger partial charge on any atom is 0.246 e. The van der Waals surface area contributed by atoms with Crippen LogP contribution in [0, 0.1) is 0 Å². The maximum absolute atomic E-state index is 5.59. The van der Waals surface area contributed by atoms with Gasteiger partial charge in [-0.2, -0.15) is 4.98 Å². The first kappa shape index (κ1) is 15.8. The Kier molecular flexibility index (Phi) is 5.12. The molecule has 0 amide bonds. The number of aryl methyl sites for hydroxylation is 1. The van der Waals surface area contributed by atoms with E-state index in [1.54, 1.807) is 0 Å². The number of H-pyrrole nitrogens is 1. The van der Waals surface area contributed by atoms with Crippen molar-refractivity contribution in [1.82, 2.24) is 20.1 Å². The van der Waals surface area contributed by atoms with Crippen molar-refractivity contribution >= 4 is 11.9 Å². The fourth-order valence-corrected chi connectivity index (χ4v) is 2.96. The normalized spacial score (nSPS) is 16.0. The van der Waals surface area contributed by atoms with Gasteiger partial charge in [0.15, 0.2) is 0 Å². The van der Waals surface area contributed by atoms with Gasteiger partial charge in [-0.3, -0.25) is 4.90 Å². The SMILES string of the molecule is CCCCc1ccc(CN2CCN(c3n[nH]c(N)n3)CC2)cc1. The second-order valence-electron chi connectivity index (χ2n) is 6.20. The van der Waals surface area contributed by atoms with E-state index in [1.807, 2.05) is 0 Å². The van der Waals surface area contributed by atoms with Crippen molar-refractivity contribution in [2.24, 2.45) is 0 Å². The zero-order chi connectivity index (χ0) is 16.1. The zero-order valence-electron chi connectivity index (χ0n) is 13.8. The van der Waals surface area contributed by atoms with Crippen molar-refractivity contribution < 1.29 is 0 Å². The van der Waals surface area contributed by atoms with E-state index in [0.29, 0.717) is 11.9 Å². The van der Waals surface area contributed by atoms with Crippen molar-refractivity contribution in [1.29, 1.82) is 0 Å². The number of aromatic nitrogens is 3. The highest BCUT2D eigenvalue weighted by molar-refractivity contribution is 5.34. The number of nitrogens with one attached hydrogen (secondary N) is 1. The Morgan fingerprint density at radius 3 is 2.39 bits per heavy atom. The number of nitrogen functional groups attached to an aromatic ring is 1. The number of hydrogen-bond acceptors (Lipinski definition) is 5. The van der Waals surface area contributed by atoms with Crippen LogP contribution in [0.2, 0.25) is 0 Å². The van der Waals surface area contributed by atoms with Gasteiger partial charge in [-0.1, -0.05) is 37.6 Å². The molecule has 124 valence electrons. The van der Waals surface area contributed by atoms with E-state index in [1.165, 1.54) is 30.4 Å². The number of unbranched alkanes of at least 4 members (excludes halogenated alkanes) is 1. The lowest BCUT2D eigenvalue weighted by molar-refractivity contribution is 0.249. The van der Waals surface area contributed by atoms with Gasteiger partial charge in [-0.15, -0.1) is 5.10 Å². The first-order valence-electron chi connectivity index (χ1n) is 8.47. The lowest BCUT2D eigenvalue weighted by atomic mass is 10.1. The molecule has 6 heteroatoms. The third-order valence-corrected chi connectivity index (χ3v) is 4.39. The van der Waals surface area contributed by atoms with Gasteiger partial charge < -0.3 is 10.6 Å². The fourth-order valence-electron chi connectivity index (χ4n) is 2.96. The average molecular weight is 314 g/mol. The van der Waals surface area contributed by atoms with Gasteiger partial charge in [-0.25, -0.2) is 5.10 Å². The molecule has 0 bridgehead atoms. The number of rotatable bonds is 6. The molecule has 1 aromatic heterocycles. The summed E-state index contributed by atoms with van der Waals surface area (Å²) in [6, 6.07) is 9.09. The van der Waals surface area contributed by atoms with Crippen molar-refractivity contribution in [3.8, 4) is 0 Å². The summed E-state index contributed by atoms with van der Waals surface area (Å²) in [5.41, 5.74) is 8.43. The molecule has 1 aliphatic rings. The molecular formula is C17H26N6. The second kappa shape index (κ2) is 7.46. The molecule has 6 nitrogen and oxygen atoms in total. The summed E-state index contributed by atoms with van der Waals surface area (Å²) in [4.78, 5) is 8.85. The first-order chi connectivity index (χ1) is 11.2. The summed E-state index contributed by atoms with van der Waals surface area (Å²) in [5.74, 6) is 1.09. The Balaban J connectivity index is 1.48. The predicted molar refractivity (Wildman–Crippen MR) is 93.3 cm³/mol. The van der Waals surface area contributed by atoms with Gasteiger partial charge in [0.1, 0.15) is 0 Å². The molecule has 1 fully saturated rings. The molecule has 0 aliphatic carbocycles. The van der Waals surface area contributed by atoms with E-state index in [0.717, 1.165) is 32.7 Å². The van der Waals surface area contributed by atoms with E-state index in [-0.39, 0.29) is 0 Å². The highest BCUT2D eigenvalue weighted by Crippen LogP contribution is 2.14. The molecule has 0 atom stereocenters. The van der Waals surface area contributed by atoms with Crippen molar-refractivity contribution in [2.75, 3.05) is 36.8 Å². The summed E-state index contributed by atoms with van der Waals surface area (Å²) >= 11 is 0. The van der Waals surface area contributed by atoms with Crippen LogP contribution >= 0.6 is 0 Å². The summed E-state index contributed by atoms with van der Waals surface area (Å²) in [6.07, 6.45) is 3.71. The number of piperazine rings is 1. The average Bonchev–Trinajstić information content (AvgIpc) is 3.01. The maximum atomic E-state index is 5.59. The molecular weight excluding hydrogens is 288 g/mol. The largest absolute Gasteiger partial charge is 0.368 e. The standard InChI is InChI=1S/C17H26N6/c1-2-3-4-14-5-7-15(8-6-14)13-22-9-11-23(12-10-22)17-19-16(18)20-21-17/h5-8H,2-4,9-13H2,1H3,(H3,18,19,20,21). The highest BCUT2D eigenvalue weighted by atomic mass is 15.4. The third kappa shape index (κ3) is 4.22. The molecule has 23 heavy (non-hydrogen) atoms. The molecule has 1 saturated heterocycles. The molecule has 1 aromatic carbocycles. The van der Waals surface area contributed by atoms with Crippen LogP contribution < -0.4 is 10.6 Å². The Morgan fingerprint density at radius 2 is 1.78 bits per heavy atom. The fraction of sp³-hybridized carbons (Fsp3) is 0.529. The summed E-state index contributed by atoms with van der Waals surface area (Å²) in [7, 11) is 0. The van der Waals surface area contributed by atoms with E-state index in [4.69, 9.17) is 5.73 Å². The van der Waals surface area contributed by atoms with Crippen LogP contribution in [0.3, 0.4) is 0 Å². The van der Waals surface area contributed by atoms with Crippen molar-refractivity contribution in [3.63, 3.8) is 0 Å². The quantitative estimate of drug-likeness (QED) is 0.853. The second-order valence-corrected chi connectivity index (χ2v) is 6.20. The lowest BCUT2D eigenvalue weighted by Gasteiger charge is -2.34. The number of anilines is 2. The van der Waals surface area contributed by atoms with Crippen LogP contribution in [0.5, 0.6) is 0 Å². The molecule has 3 N–H and O–H groups in total. The molecule has 0 radical (unpaired) electrons. The van der Waals surface area contributed by atoms with E-state index in [2.05, 4.69) is 56.2 Å². The minimum absolute atomic E-state index is 0.380. The lowest BCUT2D eigenvalue weighted by Crippen LogP contribution is -2.46. The van der Waals surface area contributed by atoms with Crippen LogP contribution in [0.4, 0.5) is 11.9 Å². The molecule has 3 rings (SSSR count). The monoisotopic (exact) mass is 314 g/mol. The number of benzene rings is 1. The van der Waals surface area contributed by atoms with Crippen LogP contribution in [-0.2, 0) is 13.0 Å². The minimum Gasteiger partial charge on any atom is -0.368 e. The Labute approximate surface area is 137 Å².